The molecule has 0 saturated carbocycles. The van der Waals surface area contributed by atoms with Crippen LogP contribution in [0, 0.1) is 5.82 Å². The van der Waals surface area contributed by atoms with Crippen LogP contribution in [-0.4, -0.2) is 32.4 Å². The first-order valence-electron chi connectivity index (χ1n) is 10.9. The summed E-state index contributed by atoms with van der Waals surface area (Å²) in [6.07, 6.45) is 0. The molecule has 1 amide bonds. The third-order valence-corrected chi connectivity index (χ3v) is 4.96. The van der Waals surface area contributed by atoms with E-state index in [0.29, 0.717) is 30.3 Å². The largest absolute Gasteiger partial charge is 0.457 e. The molecular formula is C27H29FN4O2. The van der Waals surface area contributed by atoms with Gasteiger partial charge >= 0.3 is 0 Å². The Labute approximate surface area is 199 Å². The van der Waals surface area contributed by atoms with E-state index in [2.05, 4.69) is 22.2 Å². The highest BCUT2D eigenvalue weighted by atomic mass is 19.1. The number of benzene rings is 3. The zero-order chi connectivity index (χ0) is 24.5. The van der Waals surface area contributed by atoms with Crippen LogP contribution in [0.1, 0.15) is 18.1 Å². The summed E-state index contributed by atoms with van der Waals surface area (Å²) in [4.78, 5) is 19.0. The highest BCUT2D eigenvalue weighted by Gasteiger charge is 2.13. The summed E-state index contributed by atoms with van der Waals surface area (Å²) in [5, 5.41) is 5.92. The first-order valence-corrected chi connectivity index (χ1v) is 10.9. The van der Waals surface area contributed by atoms with Gasteiger partial charge in [0.05, 0.1) is 0 Å². The summed E-state index contributed by atoms with van der Waals surface area (Å²) in [6, 6.07) is 21.0. The predicted octanol–water partition coefficient (Wildman–Crippen LogP) is 4.98. The van der Waals surface area contributed by atoms with E-state index >= 15 is 0 Å². The molecule has 7 heteroatoms. The minimum absolute atomic E-state index is 0.198. The molecule has 0 atom stereocenters. The minimum Gasteiger partial charge on any atom is -0.457 e. The Balaban J connectivity index is 1.58. The van der Waals surface area contributed by atoms with Crippen molar-refractivity contribution in [3.63, 3.8) is 0 Å². The number of hydrogen-bond acceptors (Lipinski definition) is 4. The van der Waals surface area contributed by atoms with Crippen molar-refractivity contribution in [1.29, 1.82) is 0 Å². The van der Waals surface area contributed by atoms with Crippen molar-refractivity contribution in [2.45, 2.75) is 13.5 Å². The maximum Gasteiger partial charge on any atom is 0.286 e. The molecule has 0 spiro atoms. The van der Waals surface area contributed by atoms with Crippen LogP contribution in [-0.2, 0) is 11.3 Å². The molecule has 2 N–H and O–H groups in total. The zero-order valence-corrected chi connectivity index (χ0v) is 19.6. The molecule has 176 valence electrons. The molecule has 0 aliphatic heterocycles. The van der Waals surface area contributed by atoms with Crippen LogP contribution in [0.25, 0.3) is 5.70 Å². The first-order chi connectivity index (χ1) is 16.4. The molecular weight excluding hydrogens is 431 g/mol. The van der Waals surface area contributed by atoms with Gasteiger partial charge in [-0.25, -0.2) is 4.39 Å². The maximum absolute atomic E-state index is 13.0. The van der Waals surface area contributed by atoms with E-state index in [-0.39, 0.29) is 17.6 Å². The number of carbonyl (C=O) groups is 1. The SMILES string of the molecule is C=C(NC(=NCC)C(=O)NCc1ccc(N(C)C)cc1)c1ccc(Oc2ccc(F)cc2)cc1. The summed E-state index contributed by atoms with van der Waals surface area (Å²) >= 11 is 0. The summed E-state index contributed by atoms with van der Waals surface area (Å²) in [5.41, 5.74) is 3.40. The lowest BCUT2D eigenvalue weighted by Gasteiger charge is -2.14. The van der Waals surface area contributed by atoms with E-state index in [4.69, 9.17) is 4.74 Å². The van der Waals surface area contributed by atoms with E-state index in [0.717, 1.165) is 16.8 Å². The van der Waals surface area contributed by atoms with E-state index in [1.54, 1.807) is 24.3 Å². The second-order valence-corrected chi connectivity index (χ2v) is 7.75. The molecule has 0 saturated heterocycles. The van der Waals surface area contributed by atoms with Crippen LogP contribution in [0.3, 0.4) is 0 Å². The van der Waals surface area contributed by atoms with Crippen LogP contribution in [0.15, 0.2) is 84.4 Å². The topological polar surface area (TPSA) is 66.0 Å². The van der Waals surface area contributed by atoms with E-state index < -0.39 is 0 Å². The molecule has 0 aliphatic carbocycles. The lowest BCUT2D eigenvalue weighted by atomic mass is 10.1. The van der Waals surface area contributed by atoms with Crippen molar-refractivity contribution in [2.75, 3.05) is 25.5 Å². The number of nitrogens with zero attached hydrogens (tertiary/aromatic N) is 2. The lowest BCUT2D eigenvalue weighted by Crippen LogP contribution is -2.39. The van der Waals surface area contributed by atoms with Crippen LogP contribution in [0.5, 0.6) is 11.5 Å². The van der Waals surface area contributed by atoms with Crippen molar-refractivity contribution >= 4 is 23.1 Å². The second-order valence-electron chi connectivity index (χ2n) is 7.75. The Morgan fingerprint density at radius 2 is 1.56 bits per heavy atom. The number of rotatable bonds is 8. The average molecular weight is 461 g/mol. The van der Waals surface area contributed by atoms with Gasteiger partial charge in [-0.3, -0.25) is 9.79 Å². The first kappa shape index (κ1) is 24.5. The highest BCUT2D eigenvalue weighted by Crippen LogP contribution is 2.23. The normalized spacial score (nSPS) is 11.0. The van der Waals surface area contributed by atoms with Crippen molar-refractivity contribution in [3.8, 4) is 11.5 Å². The smallest absolute Gasteiger partial charge is 0.286 e. The van der Waals surface area contributed by atoms with Crippen molar-refractivity contribution in [1.82, 2.24) is 10.6 Å². The van der Waals surface area contributed by atoms with Crippen LogP contribution in [0.2, 0.25) is 0 Å². The van der Waals surface area contributed by atoms with Crippen molar-refractivity contribution in [3.05, 3.63) is 96.3 Å². The Hall–Kier alpha value is -4.13. The molecule has 0 aromatic heterocycles. The monoisotopic (exact) mass is 460 g/mol. The number of amidine groups is 1. The number of halogens is 1. The van der Waals surface area contributed by atoms with Crippen molar-refractivity contribution in [2.24, 2.45) is 4.99 Å². The summed E-state index contributed by atoms with van der Waals surface area (Å²) < 4.78 is 18.8. The molecule has 34 heavy (non-hydrogen) atoms. The number of aliphatic imine (C=N–C) groups is 1. The summed E-state index contributed by atoms with van der Waals surface area (Å²) in [5.74, 6) is 0.709. The van der Waals surface area contributed by atoms with E-state index in [1.165, 1.54) is 12.1 Å². The third kappa shape index (κ3) is 6.93. The Bertz CT molecular complexity index is 1140. The van der Waals surface area contributed by atoms with E-state index in [9.17, 15) is 9.18 Å². The van der Waals surface area contributed by atoms with Gasteiger partial charge in [-0.2, -0.15) is 0 Å². The number of ether oxygens (including phenoxy) is 1. The second kappa shape index (κ2) is 11.7. The molecule has 6 nitrogen and oxygen atoms in total. The van der Waals surface area contributed by atoms with Gasteiger partial charge in [0.1, 0.15) is 17.3 Å². The maximum atomic E-state index is 13.0. The number of hydrogen-bond donors (Lipinski definition) is 2. The molecule has 0 heterocycles. The van der Waals surface area contributed by atoms with Gasteiger partial charge in [0, 0.05) is 38.6 Å². The standard InChI is InChI=1S/C27H29FN4O2/c1-5-29-26(27(33)30-18-20-6-12-23(13-7-20)32(3)4)31-19(2)21-8-14-24(15-9-21)34-25-16-10-22(28)11-17-25/h6-17H,2,5,18H2,1,3-4H3,(H,29,31)(H,30,33). The molecule has 0 radical (unpaired) electrons. The Kier molecular flexibility index (Phi) is 8.40. The van der Waals surface area contributed by atoms with E-state index in [1.807, 2.05) is 62.3 Å². The lowest BCUT2D eigenvalue weighted by molar-refractivity contribution is -0.115. The molecule has 3 rings (SSSR count). The summed E-state index contributed by atoms with van der Waals surface area (Å²) in [7, 11) is 3.96. The number of nitrogens with one attached hydrogen (secondary N) is 2. The highest BCUT2D eigenvalue weighted by molar-refractivity contribution is 6.39. The van der Waals surface area contributed by atoms with Crippen LogP contribution in [0.4, 0.5) is 10.1 Å². The Morgan fingerprint density at radius 1 is 0.971 bits per heavy atom. The molecule has 3 aromatic rings. The van der Waals surface area contributed by atoms with Gasteiger partial charge in [0.2, 0.25) is 0 Å². The molecule has 0 fully saturated rings. The zero-order valence-electron chi connectivity index (χ0n) is 19.6. The minimum atomic E-state index is -0.319. The number of amides is 1. The van der Waals surface area contributed by atoms with Crippen LogP contribution >= 0.6 is 0 Å². The van der Waals surface area contributed by atoms with Gasteiger partial charge in [-0.1, -0.05) is 18.7 Å². The number of anilines is 1. The fourth-order valence-electron chi connectivity index (χ4n) is 3.08. The number of carbonyl (C=O) groups excluding carboxylic acids is 1. The average Bonchev–Trinajstić information content (AvgIpc) is 2.84. The molecule has 0 aliphatic rings. The Morgan fingerprint density at radius 3 is 2.12 bits per heavy atom. The van der Waals surface area contributed by atoms with Gasteiger partial charge in [0.15, 0.2) is 5.84 Å². The van der Waals surface area contributed by atoms with Crippen LogP contribution < -0.4 is 20.3 Å². The molecule has 3 aromatic carbocycles. The fourth-order valence-corrected chi connectivity index (χ4v) is 3.08. The van der Waals surface area contributed by atoms with Gasteiger partial charge < -0.3 is 20.3 Å². The fraction of sp³-hybridized carbons (Fsp3) is 0.185. The predicted molar refractivity (Wildman–Crippen MR) is 136 cm³/mol. The summed E-state index contributed by atoms with van der Waals surface area (Å²) in [6.45, 7) is 6.74. The molecule has 0 unspecified atom stereocenters. The van der Waals surface area contributed by atoms with Gasteiger partial charge in [-0.05, 0) is 78.7 Å². The molecule has 0 bridgehead atoms. The van der Waals surface area contributed by atoms with Gasteiger partial charge in [0.25, 0.3) is 5.91 Å². The van der Waals surface area contributed by atoms with Gasteiger partial charge in [-0.15, -0.1) is 0 Å². The van der Waals surface area contributed by atoms with Crippen molar-refractivity contribution < 1.29 is 13.9 Å². The quantitative estimate of drug-likeness (QED) is 0.368. The third-order valence-electron chi connectivity index (χ3n) is 4.96.